The van der Waals surface area contributed by atoms with E-state index in [4.69, 9.17) is 4.42 Å². The Kier molecular flexibility index (Phi) is 4.76. The number of carbonyl (C=O) groups excluding carboxylic acids is 2. The zero-order chi connectivity index (χ0) is 16.2. The lowest BCUT2D eigenvalue weighted by atomic mass is 10.2. The molecule has 2 aromatic rings. The molecule has 0 saturated carbocycles. The number of halogens is 1. The van der Waals surface area contributed by atoms with Crippen LogP contribution in [0.2, 0.25) is 0 Å². The van der Waals surface area contributed by atoms with Crippen LogP contribution < -0.4 is 0 Å². The average molecular weight is 378 g/mol. The molecule has 3 heterocycles. The highest BCUT2D eigenvalue weighted by Gasteiger charge is 2.25. The molecule has 3 rings (SSSR count). The van der Waals surface area contributed by atoms with Crippen molar-refractivity contribution in [2.24, 2.45) is 0 Å². The first-order chi connectivity index (χ1) is 11.1. The molecule has 0 bridgehead atoms. The van der Waals surface area contributed by atoms with Gasteiger partial charge in [-0.3, -0.25) is 14.6 Å². The summed E-state index contributed by atoms with van der Waals surface area (Å²) in [4.78, 5) is 32.3. The molecule has 23 heavy (non-hydrogen) atoms. The molecule has 1 fully saturated rings. The van der Waals surface area contributed by atoms with Gasteiger partial charge in [0.1, 0.15) is 0 Å². The van der Waals surface area contributed by atoms with Gasteiger partial charge in [-0.1, -0.05) is 0 Å². The van der Waals surface area contributed by atoms with Crippen LogP contribution in [0.3, 0.4) is 0 Å². The minimum Gasteiger partial charge on any atom is -0.444 e. The summed E-state index contributed by atoms with van der Waals surface area (Å²) in [6, 6.07) is 6.85. The van der Waals surface area contributed by atoms with Crippen LogP contribution in [-0.4, -0.2) is 52.8 Å². The highest BCUT2D eigenvalue weighted by molar-refractivity contribution is 9.10. The minimum atomic E-state index is -0.147. The second-order valence-corrected chi connectivity index (χ2v) is 6.06. The molecular formula is C16H16BrN3O3. The zero-order valence-corrected chi connectivity index (χ0v) is 14.0. The van der Waals surface area contributed by atoms with E-state index in [0.29, 0.717) is 42.2 Å². The summed E-state index contributed by atoms with van der Waals surface area (Å²) >= 11 is 3.20. The zero-order valence-electron chi connectivity index (χ0n) is 12.4. The standard InChI is InChI=1S/C16H16BrN3O3/c17-14-5-4-13(23-14)16(22)20-8-2-7-19(9-10-20)15(21)12-3-1-6-18-11-12/h1,3-6,11H,2,7-10H2. The van der Waals surface area contributed by atoms with Crippen molar-refractivity contribution in [1.29, 1.82) is 0 Å². The molecule has 0 aliphatic carbocycles. The van der Waals surface area contributed by atoms with Gasteiger partial charge in [-0.05, 0) is 46.6 Å². The molecule has 1 saturated heterocycles. The average Bonchev–Trinajstić information content (AvgIpc) is 2.87. The summed E-state index contributed by atoms with van der Waals surface area (Å²) in [5.74, 6) is 0.114. The molecule has 1 aliphatic rings. The molecule has 0 aromatic carbocycles. The van der Waals surface area contributed by atoms with E-state index in [1.807, 2.05) is 0 Å². The predicted octanol–water partition coefficient (Wildman–Crippen LogP) is 2.43. The molecule has 1 aliphatic heterocycles. The van der Waals surface area contributed by atoms with E-state index in [1.54, 1.807) is 46.5 Å². The van der Waals surface area contributed by atoms with Gasteiger partial charge in [0.25, 0.3) is 11.8 Å². The maximum atomic E-state index is 12.5. The predicted molar refractivity (Wildman–Crippen MR) is 87.1 cm³/mol. The van der Waals surface area contributed by atoms with E-state index < -0.39 is 0 Å². The van der Waals surface area contributed by atoms with E-state index in [0.717, 1.165) is 6.42 Å². The van der Waals surface area contributed by atoms with Crippen LogP contribution in [0.1, 0.15) is 27.3 Å². The van der Waals surface area contributed by atoms with Gasteiger partial charge >= 0.3 is 0 Å². The Balaban J connectivity index is 1.65. The van der Waals surface area contributed by atoms with Crippen molar-refractivity contribution in [3.63, 3.8) is 0 Å². The molecule has 0 unspecified atom stereocenters. The van der Waals surface area contributed by atoms with Crippen LogP contribution in [0.4, 0.5) is 0 Å². The second-order valence-electron chi connectivity index (χ2n) is 5.28. The number of furan rings is 1. The molecule has 6 nitrogen and oxygen atoms in total. The Morgan fingerprint density at radius 2 is 1.78 bits per heavy atom. The topological polar surface area (TPSA) is 66.7 Å². The van der Waals surface area contributed by atoms with Gasteiger partial charge < -0.3 is 14.2 Å². The number of amides is 2. The fourth-order valence-electron chi connectivity index (χ4n) is 2.58. The van der Waals surface area contributed by atoms with Gasteiger partial charge in [-0.25, -0.2) is 0 Å². The molecule has 0 N–H and O–H groups in total. The Bertz CT molecular complexity index is 702. The smallest absolute Gasteiger partial charge is 0.289 e. The summed E-state index contributed by atoms with van der Waals surface area (Å²) in [5.41, 5.74) is 0.572. The highest BCUT2D eigenvalue weighted by atomic mass is 79.9. The fourth-order valence-corrected chi connectivity index (χ4v) is 2.89. The lowest BCUT2D eigenvalue weighted by molar-refractivity contribution is 0.0699. The minimum absolute atomic E-state index is 0.0480. The first-order valence-electron chi connectivity index (χ1n) is 7.39. The number of hydrogen-bond acceptors (Lipinski definition) is 4. The highest BCUT2D eigenvalue weighted by Crippen LogP contribution is 2.17. The van der Waals surface area contributed by atoms with Crippen molar-refractivity contribution < 1.29 is 14.0 Å². The summed E-state index contributed by atoms with van der Waals surface area (Å²) in [6.45, 7) is 2.22. The van der Waals surface area contributed by atoms with E-state index in [9.17, 15) is 9.59 Å². The van der Waals surface area contributed by atoms with Crippen molar-refractivity contribution in [2.75, 3.05) is 26.2 Å². The molecule has 7 heteroatoms. The maximum absolute atomic E-state index is 12.5. The quantitative estimate of drug-likeness (QED) is 0.805. The SMILES string of the molecule is O=C(c1cccnc1)N1CCCN(C(=O)c2ccc(Br)o2)CC1. The Hall–Kier alpha value is -2.15. The van der Waals surface area contributed by atoms with Crippen LogP contribution in [0.5, 0.6) is 0 Å². The lowest BCUT2D eigenvalue weighted by Crippen LogP contribution is -2.37. The van der Waals surface area contributed by atoms with Crippen molar-refractivity contribution in [3.05, 3.63) is 52.7 Å². The van der Waals surface area contributed by atoms with Crippen molar-refractivity contribution in [2.45, 2.75) is 6.42 Å². The third-order valence-electron chi connectivity index (χ3n) is 3.76. The number of aromatic nitrogens is 1. The van der Waals surface area contributed by atoms with Gasteiger partial charge in [0.05, 0.1) is 5.56 Å². The fraction of sp³-hybridized carbons (Fsp3) is 0.312. The largest absolute Gasteiger partial charge is 0.444 e. The normalized spacial score (nSPS) is 15.3. The Morgan fingerprint density at radius 1 is 1.04 bits per heavy atom. The van der Waals surface area contributed by atoms with Crippen molar-refractivity contribution in [1.82, 2.24) is 14.8 Å². The van der Waals surface area contributed by atoms with E-state index in [1.165, 1.54) is 0 Å². The third kappa shape index (κ3) is 3.61. The summed E-state index contributed by atoms with van der Waals surface area (Å²) in [6.07, 6.45) is 3.94. The Morgan fingerprint density at radius 3 is 2.39 bits per heavy atom. The molecule has 2 aromatic heterocycles. The molecule has 120 valence electrons. The first-order valence-corrected chi connectivity index (χ1v) is 8.18. The summed E-state index contributed by atoms with van der Waals surface area (Å²) in [5, 5.41) is 0. The number of rotatable bonds is 2. The molecule has 0 atom stereocenters. The molecule has 2 amide bonds. The van der Waals surface area contributed by atoms with Crippen LogP contribution >= 0.6 is 15.9 Å². The van der Waals surface area contributed by atoms with Gasteiger partial charge in [0.15, 0.2) is 10.4 Å². The van der Waals surface area contributed by atoms with Crippen LogP contribution in [0, 0.1) is 0 Å². The number of carbonyl (C=O) groups is 2. The Labute approximate surface area is 142 Å². The number of pyridine rings is 1. The number of nitrogens with zero attached hydrogens (tertiary/aromatic N) is 3. The van der Waals surface area contributed by atoms with Gasteiger partial charge in [-0.2, -0.15) is 0 Å². The third-order valence-corrected chi connectivity index (χ3v) is 4.19. The van der Waals surface area contributed by atoms with Crippen LogP contribution in [0.15, 0.2) is 45.7 Å². The van der Waals surface area contributed by atoms with Crippen molar-refractivity contribution in [3.8, 4) is 0 Å². The molecule has 0 spiro atoms. The van der Waals surface area contributed by atoms with E-state index >= 15 is 0 Å². The monoisotopic (exact) mass is 377 g/mol. The van der Waals surface area contributed by atoms with Crippen molar-refractivity contribution >= 4 is 27.7 Å². The van der Waals surface area contributed by atoms with Gasteiger partial charge in [-0.15, -0.1) is 0 Å². The maximum Gasteiger partial charge on any atom is 0.289 e. The summed E-state index contributed by atoms with van der Waals surface area (Å²) in [7, 11) is 0. The van der Waals surface area contributed by atoms with Gasteiger partial charge in [0.2, 0.25) is 0 Å². The second kappa shape index (κ2) is 6.95. The first kappa shape index (κ1) is 15.7. The molecular weight excluding hydrogens is 362 g/mol. The van der Waals surface area contributed by atoms with E-state index in [-0.39, 0.29) is 11.8 Å². The van der Waals surface area contributed by atoms with Crippen LogP contribution in [-0.2, 0) is 0 Å². The van der Waals surface area contributed by atoms with Crippen LogP contribution in [0.25, 0.3) is 0 Å². The van der Waals surface area contributed by atoms with E-state index in [2.05, 4.69) is 20.9 Å². The van der Waals surface area contributed by atoms with Gasteiger partial charge in [0, 0.05) is 38.6 Å². The lowest BCUT2D eigenvalue weighted by Gasteiger charge is -2.21. The number of hydrogen-bond donors (Lipinski definition) is 0. The molecule has 0 radical (unpaired) electrons. The summed E-state index contributed by atoms with van der Waals surface area (Å²) < 4.78 is 5.85.